The second kappa shape index (κ2) is 6.99. The Bertz CT molecular complexity index is 786. The predicted molar refractivity (Wildman–Crippen MR) is 90.3 cm³/mol. The van der Waals surface area contributed by atoms with Crippen molar-refractivity contribution in [3.8, 4) is 0 Å². The molecule has 0 aliphatic heterocycles. The number of halogens is 1. The summed E-state index contributed by atoms with van der Waals surface area (Å²) in [6.07, 6.45) is 2.84. The lowest BCUT2D eigenvalue weighted by atomic mass is 9.77. The zero-order valence-electron chi connectivity index (χ0n) is 14.0. The summed E-state index contributed by atoms with van der Waals surface area (Å²) in [6.45, 7) is 2.02. The number of nitrogens with one attached hydrogen (secondary N) is 2. The first-order valence-electron chi connectivity index (χ1n) is 7.86. The number of amides is 1. The van der Waals surface area contributed by atoms with Gasteiger partial charge in [0, 0.05) is 5.56 Å². The summed E-state index contributed by atoms with van der Waals surface area (Å²) in [5, 5.41) is 12.1. The van der Waals surface area contributed by atoms with Gasteiger partial charge in [-0.3, -0.25) is 9.52 Å². The molecule has 3 N–H and O–H groups in total. The van der Waals surface area contributed by atoms with Gasteiger partial charge < -0.3 is 10.4 Å². The third-order valence-corrected chi connectivity index (χ3v) is 5.00. The Morgan fingerprint density at radius 1 is 1.28 bits per heavy atom. The van der Waals surface area contributed by atoms with Crippen molar-refractivity contribution in [2.45, 2.75) is 38.1 Å². The fraction of sp³-hybridized carbons (Fsp3) is 0.500. The average Bonchev–Trinajstić information content (AvgIpc) is 2.50. The maximum absolute atomic E-state index is 13.7. The fourth-order valence-corrected chi connectivity index (χ4v) is 3.44. The van der Waals surface area contributed by atoms with E-state index in [0.717, 1.165) is 18.4 Å². The molecular weight excluding hydrogens is 351 g/mol. The summed E-state index contributed by atoms with van der Waals surface area (Å²) < 4.78 is 38.2. The zero-order valence-corrected chi connectivity index (χ0v) is 14.8. The number of rotatable bonds is 5. The average molecular weight is 372 g/mol. The van der Waals surface area contributed by atoms with Gasteiger partial charge in [-0.05, 0) is 49.8 Å². The van der Waals surface area contributed by atoms with Crippen LogP contribution in [0.15, 0.2) is 18.2 Å². The lowest BCUT2D eigenvalue weighted by Gasteiger charge is -2.36. The molecule has 0 heterocycles. The molecule has 0 radical (unpaired) electrons. The second-order valence-corrected chi connectivity index (χ2v) is 8.34. The van der Waals surface area contributed by atoms with Crippen LogP contribution in [0.4, 0.5) is 10.1 Å². The van der Waals surface area contributed by atoms with Gasteiger partial charge in [-0.15, -0.1) is 0 Å². The first-order chi connectivity index (χ1) is 11.5. The van der Waals surface area contributed by atoms with Crippen LogP contribution in [0.25, 0.3) is 0 Å². The molecule has 7 nitrogen and oxygen atoms in total. The Kier molecular flexibility index (Phi) is 5.36. The summed E-state index contributed by atoms with van der Waals surface area (Å²) in [4.78, 5) is 24.2. The van der Waals surface area contributed by atoms with E-state index in [1.165, 1.54) is 6.07 Å². The summed E-state index contributed by atoms with van der Waals surface area (Å²) in [5.41, 5.74) is -1.74. The molecule has 0 atom stereocenters. The third kappa shape index (κ3) is 4.68. The molecule has 9 heteroatoms. The largest absolute Gasteiger partial charge is 0.480 e. The van der Waals surface area contributed by atoms with Crippen LogP contribution in [0.3, 0.4) is 0 Å². The van der Waals surface area contributed by atoms with Crippen molar-refractivity contribution in [2.75, 3.05) is 11.0 Å². The Balaban J connectivity index is 2.25. The summed E-state index contributed by atoms with van der Waals surface area (Å²) in [6, 6.07) is 3.19. The van der Waals surface area contributed by atoms with E-state index in [0.29, 0.717) is 31.6 Å². The highest BCUT2D eigenvalue weighted by Gasteiger charge is 2.42. The number of anilines is 1. The van der Waals surface area contributed by atoms with Gasteiger partial charge in [0.1, 0.15) is 11.4 Å². The standard InChI is InChI=1S/C16H21FN2O5S/c1-10-5-7-16(8-6-10,15(21)22)18-14(20)11-3-4-12(17)13(9-11)19-25(2,23)24/h3-4,9-10,19H,5-8H2,1-2H3,(H,18,20)(H,21,22). The number of carboxylic acid groups (broad SMARTS) is 1. The fourth-order valence-electron chi connectivity index (χ4n) is 2.88. The van der Waals surface area contributed by atoms with Gasteiger partial charge in [0.25, 0.3) is 5.91 Å². The van der Waals surface area contributed by atoms with Gasteiger partial charge >= 0.3 is 5.97 Å². The molecule has 0 bridgehead atoms. The Morgan fingerprint density at radius 2 is 1.88 bits per heavy atom. The minimum absolute atomic E-state index is 0.0215. The van der Waals surface area contributed by atoms with Crippen LogP contribution in [-0.2, 0) is 14.8 Å². The maximum atomic E-state index is 13.7. The summed E-state index contributed by atoms with van der Waals surface area (Å²) in [7, 11) is -3.72. The molecule has 0 spiro atoms. The summed E-state index contributed by atoms with van der Waals surface area (Å²) >= 11 is 0. The monoisotopic (exact) mass is 372 g/mol. The van der Waals surface area contributed by atoms with Crippen LogP contribution in [0.5, 0.6) is 0 Å². The predicted octanol–water partition coefficient (Wildman–Crippen LogP) is 1.96. The lowest BCUT2D eigenvalue weighted by molar-refractivity contribution is -0.146. The van der Waals surface area contributed by atoms with E-state index in [-0.39, 0.29) is 11.3 Å². The molecule has 1 aliphatic carbocycles. The number of hydrogen-bond donors (Lipinski definition) is 3. The molecule has 2 rings (SSSR count). The van der Waals surface area contributed by atoms with E-state index in [1.807, 2.05) is 11.6 Å². The van der Waals surface area contributed by atoms with E-state index < -0.39 is 33.3 Å². The normalized spacial score (nSPS) is 23.7. The molecule has 0 aromatic heterocycles. The van der Waals surface area contributed by atoms with Crippen LogP contribution < -0.4 is 10.0 Å². The van der Waals surface area contributed by atoms with Crippen LogP contribution in [-0.4, -0.2) is 37.2 Å². The minimum Gasteiger partial charge on any atom is -0.480 e. The van der Waals surface area contributed by atoms with Gasteiger partial charge in [0.2, 0.25) is 10.0 Å². The Hall–Kier alpha value is -2.16. The van der Waals surface area contributed by atoms with Gasteiger partial charge in [0.15, 0.2) is 0 Å². The molecule has 138 valence electrons. The number of carbonyl (C=O) groups is 2. The van der Waals surface area contributed by atoms with Crippen molar-refractivity contribution in [1.29, 1.82) is 0 Å². The van der Waals surface area contributed by atoms with E-state index in [2.05, 4.69) is 5.32 Å². The van der Waals surface area contributed by atoms with Crippen molar-refractivity contribution in [1.82, 2.24) is 5.32 Å². The lowest BCUT2D eigenvalue weighted by Crippen LogP contribution is -2.56. The zero-order chi connectivity index (χ0) is 18.8. The van der Waals surface area contributed by atoms with Crippen molar-refractivity contribution in [3.05, 3.63) is 29.6 Å². The SMILES string of the molecule is CC1CCC(NC(=O)c2ccc(F)c(NS(C)(=O)=O)c2)(C(=O)O)CC1. The smallest absolute Gasteiger partial charge is 0.329 e. The van der Waals surface area contributed by atoms with E-state index in [4.69, 9.17) is 0 Å². The molecular formula is C16H21FN2O5S. The highest BCUT2D eigenvalue weighted by Crippen LogP contribution is 2.32. The third-order valence-electron chi connectivity index (χ3n) is 4.41. The van der Waals surface area contributed by atoms with Crippen LogP contribution in [0, 0.1) is 11.7 Å². The molecule has 1 aromatic carbocycles. The first kappa shape index (κ1) is 19.2. The highest BCUT2D eigenvalue weighted by molar-refractivity contribution is 7.92. The number of carboxylic acids is 1. The van der Waals surface area contributed by atoms with E-state index in [9.17, 15) is 27.5 Å². The van der Waals surface area contributed by atoms with Gasteiger partial charge in [-0.2, -0.15) is 0 Å². The van der Waals surface area contributed by atoms with E-state index >= 15 is 0 Å². The molecule has 1 fully saturated rings. The molecule has 25 heavy (non-hydrogen) atoms. The maximum Gasteiger partial charge on any atom is 0.329 e. The molecule has 0 unspecified atom stereocenters. The molecule has 1 amide bonds. The van der Waals surface area contributed by atoms with E-state index in [1.54, 1.807) is 0 Å². The highest BCUT2D eigenvalue weighted by atomic mass is 32.2. The van der Waals surface area contributed by atoms with Crippen molar-refractivity contribution >= 4 is 27.6 Å². The Labute approximate surface area is 145 Å². The number of carbonyl (C=O) groups excluding carboxylic acids is 1. The second-order valence-electron chi connectivity index (χ2n) is 6.59. The minimum atomic E-state index is -3.72. The molecule has 1 saturated carbocycles. The van der Waals surface area contributed by atoms with Crippen LogP contribution in [0.2, 0.25) is 0 Å². The van der Waals surface area contributed by atoms with Gasteiger partial charge in [0.05, 0.1) is 11.9 Å². The molecule has 0 saturated heterocycles. The number of aliphatic carboxylic acids is 1. The Morgan fingerprint density at radius 3 is 2.40 bits per heavy atom. The van der Waals surface area contributed by atoms with Crippen molar-refractivity contribution in [3.63, 3.8) is 0 Å². The summed E-state index contributed by atoms with van der Waals surface area (Å²) in [5.74, 6) is -2.24. The quantitative estimate of drug-likeness (QED) is 0.731. The van der Waals surface area contributed by atoms with Crippen LogP contribution >= 0.6 is 0 Å². The van der Waals surface area contributed by atoms with Gasteiger partial charge in [-0.25, -0.2) is 17.6 Å². The first-order valence-corrected chi connectivity index (χ1v) is 9.75. The number of benzene rings is 1. The topological polar surface area (TPSA) is 113 Å². The molecule has 1 aromatic rings. The number of hydrogen-bond acceptors (Lipinski definition) is 4. The number of sulfonamides is 1. The van der Waals surface area contributed by atoms with Gasteiger partial charge in [-0.1, -0.05) is 6.92 Å². The van der Waals surface area contributed by atoms with Crippen molar-refractivity contribution < 1.29 is 27.5 Å². The van der Waals surface area contributed by atoms with Crippen LogP contribution in [0.1, 0.15) is 43.0 Å². The van der Waals surface area contributed by atoms with Crippen molar-refractivity contribution in [2.24, 2.45) is 5.92 Å². The molecule has 1 aliphatic rings.